The number of fused-ring (bicyclic) bond motifs is 3. The topological polar surface area (TPSA) is 121 Å². The quantitative estimate of drug-likeness (QED) is 0.344. The van der Waals surface area contributed by atoms with Gasteiger partial charge in [-0.2, -0.15) is 18.2 Å². The summed E-state index contributed by atoms with van der Waals surface area (Å²) in [6, 6.07) is 6.07. The highest BCUT2D eigenvalue weighted by Crippen LogP contribution is 2.28. The van der Waals surface area contributed by atoms with E-state index < -0.39 is 18.0 Å². The van der Waals surface area contributed by atoms with Crippen molar-refractivity contribution in [3.8, 4) is 5.82 Å². The van der Waals surface area contributed by atoms with Gasteiger partial charge in [-0.15, -0.1) is 0 Å². The predicted octanol–water partition coefficient (Wildman–Crippen LogP) is 3.31. The lowest BCUT2D eigenvalue weighted by molar-refractivity contribution is -0.192. The zero-order chi connectivity index (χ0) is 23.6. The molecule has 0 atom stereocenters. The van der Waals surface area contributed by atoms with Crippen LogP contribution < -0.4 is 10.6 Å². The number of aliphatic carboxylic acids is 1. The van der Waals surface area contributed by atoms with Gasteiger partial charge in [-0.05, 0) is 23.8 Å². The maximum absolute atomic E-state index is 14.0. The van der Waals surface area contributed by atoms with E-state index in [1.165, 1.54) is 27.5 Å². The Morgan fingerprint density at radius 1 is 1.27 bits per heavy atom. The van der Waals surface area contributed by atoms with E-state index >= 15 is 0 Å². The zero-order valence-corrected chi connectivity index (χ0v) is 16.8. The Labute approximate surface area is 183 Å². The third kappa shape index (κ3) is 4.92. The van der Waals surface area contributed by atoms with E-state index in [4.69, 9.17) is 9.90 Å². The number of hydrogen-bond donors (Lipinski definition) is 4. The molecule has 1 aliphatic rings. The molecule has 0 saturated carbocycles. The fourth-order valence-corrected chi connectivity index (χ4v) is 3.34. The first kappa shape index (κ1) is 22.2. The Morgan fingerprint density at radius 2 is 2.06 bits per heavy atom. The van der Waals surface area contributed by atoms with Gasteiger partial charge in [-0.3, -0.25) is 4.57 Å². The molecule has 0 spiro atoms. The zero-order valence-electron chi connectivity index (χ0n) is 16.8. The number of aromatic nitrogens is 5. The van der Waals surface area contributed by atoms with Gasteiger partial charge in [0, 0.05) is 54.2 Å². The number of rotatable bonds is 3. The molecule has 0 fully saturated rings. The van der Waals surface area contributed by atoms with Gasteiger partial charge in [0.1, 0.15) is 6.33 Å². The number of H-pyrrole nitrogens is 1. The minimum Gasteiger partial charge on any atom is -0.475 e. The molecule has 0 unspecified atom stereocenters. The number of imidazole rings is 1. The van der Waals surface area contributed by atoms with Gasteiger partial charge >= 0.3 is 12.1 Å². The van der Waals surface area contributed by atoms with Crippen molar-refractivity contribution in [2.75, 3.05) is 11.9 Å². The van der Waals surface area contributed by atoms with Crippen molar-refractivity contribution in [2.24, 2.45) is 0 Å². The first-order valence-electron chi connectivity index (χ1n) is 9.64. The molecule has 1 aliphatic heterocycles. The van der Waals surface area contributed by atoms with Crippen LogP contribution in [0.4, 0.5) is 29.2 Å². The summed E-state index contributed by atoms with van der Waals surface area (Å²) in [4.78, 5) is 24.6. The van der Waals surface area contributed by atoms with Gasteiger partial charge in [-0.25, -0.2) is 19.2 Å². The number of benzene rings is 1. The minimum absolute atomic E-state index is 0.157. The Balaban J connectivity index is 0.000000325. The number of hydrogen-bond acceptors (Lipinski definition) is 6. The van der Waals surface area contributed by atoms with Crippen molar-refractivity contribution in [1.29, 1.82) is 0 Å². The number of carbonyl (C=O) groups is 1. The highest BCUT2D eigenvalue weighted by molar-refractivity contribution is 5.88. The van der Waals surface area contributed by atoms with Crippen molar-refractivity contribution in [1.82, 2.24) is 29.8 Å². The van der Waals surface area contributed by atoms with Crippen LogP contribution in [0.25, 0.3) is 16.7 Å². The van der Waals surface area contributed by atoms with E-state index in [0.29, 0.717) is 5.95 Å². The Kier molecular flexibility index (Phi) is 5.96. The van der Waals surface area contributed by atoms with Gasteiger partial charge in [0.2, 0.25) is 5.95 Å². The molecule has 0 saturated heterocycles. The second-order valence-corrected chi connectivity index (χ2v) is 7.03. The lowest BCUT2D eigenvalue weighted by Gasteiger charge is -2.12. The van der Waals surface area contributed by atoms with Crippen LogP contribution in [0.5, 0.6) is 0 Å². The normalized spacial score (nSPS) is 13.2. The van der Waals surface area contributed by atoms with Crippen LogP contribution in [0, 0.1) is 5.82 Å². The van der Waals surface area contributed by atoms with Crippen LogP contribution in [0.1, 0.15) is 11.3 Å². The third-order valence-electron chi connectivity index (χ3n) is 4.82. The second kappa shape index (κ2) is 8.86. The Morgan fingerprint density at radius 3 is 2.76 bits per heavy atom. The minimum atomic E-state index is -5.08. The molecule has 0 bridgehead atoms. The van der Waals surface area contributed by atoms with Gasteiger partial charge < -0.3 is 20.7 Å². The molecule has 0 aliphatic carbocycles. The summed E-state index contributed by atoms with van der Waals surface area (Å²) in [5.41, 5.74) is 4.56. The SMILES string of the molecule is Fc1cnc(Nc2ccc3[nH]c4c(c3c2)CNCC4)nc1-n1ccnc1.O=C(O)C(F)(F)F. The molecule has 172 valence electrons. The number of nitrogens with zero attached hydrogens (tertiary/aromatic N) is 4. The molecule has 5 rings (SSSR count). The summed E-state index contributed by atoms with van der Waals surface area (Å²) in [5, 5.41) is 14.9. The van der Waals surface area contributed by atoms with Crippen LogP contribution in [-0.4, -0.2) is 48.3 Å². The van der Waals surface area contributed by atoms with Crippen LogP contribution in [0.2, 0.25) is 0 Å². The monoisotopic (exact) mass is 463 g/mol. The predicted molar refractivity (Wildman–Crippen MR) is 110 cm³/mol. The second-order valence-electron chi connectivity index (χ2n) is 7.03. The van der Waals surface area contributed by atoms with E-state index in [9.17, 15) is 17.6 Å². The first-order chi connectivity index (χ1) is 15.7. The number of alkyl halides is 3. The van der Waals surface area contributed by atoms with Crippen molar-refractivity contribution in [3.05, 3.63) is 60.2 Å². The lowest BCUT2D eigenvalue weighted by atomic mass is 10.1. The molecule has 0 radical (unpaired) electrons. The fraction of sp³-hybridized carbons (Fsp3) is 0.200. The first-order valence-corrected chi connectivity index (χ1v) is 9.64. The van der Waals surface area contributed by atoms with E-state index in [0.717, 1.165) is 36.9 Å². The maximum atomic E-state index is 14.0. The maximum Gasteiger partial charge on any atom is 0.490 e. The van der Waals surface area contributed by atoms with Crippen molar-refractivity contribution < 1.29 is 27.5 Å². The summed E-state index contributed by atoms with van der Waals surface area (Å²) in [6.07, 6.45) is 1.79. The van der Waals surface area contributed by atoms with Crippen LogP contribution >= 0.6 is 0 Å². The molecule has 0 amide bonds. The highest BCUT2D eigenvalue weighted by Gasteiger charge is 2.38. The Hall–Kier alpha value is -4.00. The molecule has 33 heavy (non-hydrogen) atoms. The molecule has 1 aromatic carbocycles. The number of anilines is 2. The number of carboxylic acids is 1. The third-order valence-corrected chi connectivity index (χ3v) is 4.82. The van der Waals surface area contributed by atoms with Gasteiger partial charge in [0.25, 0.3) is 0 Å². The molecule has 3 aromatic heterocycles. The molecule has 13 heteroatoms. The van der Waals surface area contributed by atoms with Crippen molar-refractivity contribution in [2.45, 2.75) is 19.1 Å². The molecule has 4 N–H and O–H groups in total. The van der Waals surface area contributed by atoms with Crippen LogP contribution in [0.15, 0.2) is 43.1 Å². The molecular formula is C20H17F4N7O2. The molecule has 4 aromatic rings. The highest BCUT2D eigenvalue weighted by atomic mass is 19.4. The number of carboxylic acid groups (broad SMARTS) is 1. The number of halogens is 4. The van der Waals surface area contributed by atoms with Crippen molar-refractivity contribution >= 4 is 28.5 Å². The molecule has 9 nitrogen and oxygen atoms in total. The number of aromatic amines is 1. The van der Waals surface area contributed by atoms with Crippen LogP contribution in [0.3, 0.4) is 0 Å². The summed E-state index contributed by atoms with van der Waals surface area (Å²) in [7, 11) is 0. The standard InChI is InChI=1S/C18H16FN7.C2HF3O2/c19-14-9-22-18(25-17(14)26-6-5-21-10-26)23-11-1-2-15-12(7-11)13-8-20-4-3-16(13)24-15;3-2(4,5)1(6)7/h1-2,5-7,9-10,20,24H,3-4,8H2,(H,22,23,25);(H,6,7). The fourth-order valence-electron chi connectivity index (χ4n) is 3.34. The van der Waals surface area contributed by atoms with Gasteiger partial charge in [-0.1, -0.05) is 0 Å². The summed E-state index contributed by atoms with van der Waals surface area (Å²) in [5.74, 6) is -2.77. The van der Waals surface area contributed by atoms with E-state index in [-0.39, 0.29) is 5.82 Å². The lowest BCUT2D eigenvalue weighted by Crippen LogP contribution is -2.22. The molecule has 4 heterocycles. The summed E-state index contributed by atoms with van der Waals surface area (Å²) in [6.45, 7) is 1.85. The van der Waals surface area contributed by atoms with E-state index in [1.54, 1.807) is 12.4 Å². The van der Waals surface area contributed by atoms with Crippen LogP contribution in [-0.2, 0) is 17.8 Å². The Bertz CT molecular complexity index is 1290. The summed E-state index contributed by atoms with van der Waals surface area (Å²) < 4.78 is 47.3. The summed E-state index contributed by atoms with van der Waals surface area (Å²) >= 11 is 0. The van der Waals surface area contributed by atoms with Gasteiger partial charge in [0.15, 0.2) is 11.6 Å². The largest absolute Gasteiger partial charge is 0.490 e. The van der Waals surface area contributed by atoms with E-state index in [2.05, 4.69) is 36.6 Å². The van der Waals surface area contributed by atoms with Gasteiger partial charge in [0.05, 0.1) is 6.20 Å². The number of nitrogens with one attached hydrogen (secondary N) is 3. The molecular weight excluding hydrogens is 446 g/mol. The van der Waals surface area contributed by atoms with E-state index in [1.807, 2.05) is 12.1 Å². The average molecular weight is 463 g/mol. The smallest absolute Gasteiger partial charge is 0.475 e. The van der Waals surface area contributed by atoms with Crippen molar-refractivity contribution in [3.63, 3.8) is 0 Å². The average Bonchev–Trinajstić information content (AvgIpc) is 3.43.